The smallest absolute Gasteiger partial charge is 0.417 e. The van der Waals surface area contributed by atoms with Gasteiger partial charge >= 0.3 is 12.1 Å². The average Bonchev–Trinajstić information content (AvgIpc) is 2.91. The first-order valence-corrected chi connectivity index (χ1v) is 6.83. The van der Waals surface area contributed by atoms with Gasteiger partial charge in [-0.3, -0.25) is 4.79 Å². The van der Waals surface area contributed by atoms with Crippen molar-refractivity contribution >= 4 is 5.97 Å². The Morgan fingerprint density at radius 2 is 2.09 bits per heavy atom. The van der Waals surface area contributed by atoms with Gasteiger partial charge in [-0.15, -0.1) is 0 Å². The predicted octanol–water partition coefficient (Wildman–Crippen LogP) is 3.78. The fourth-order valence-corrected chi connectivity index (χ4v) is 1.96. The maximum absolute atomic E-state index is 13.2. The molecule has 0 unspecified atom stereocenters. The molecule has 0 radical (unpaired) electrons. The largest absolute Gasteiger partial charge is 0.494 e. The molecule has 0 fully saturated rings. The Morgan fingerprint density at radius 1 is 1.35 bits per heavy atom. The maximum Gasteiger partial charge on any atom is 0.417 e. The number of alkyl halides is 3. The first-order chi connectivity index (χ1) is 10.8. The number of hydrogen-bond donors (Lipinski definition) is 1. The van der Waals surface area contributed by atoms with Crippen LogP contribution in [0.5, 0.6) is 5.75 Å². The summed E-state index contributed by atoms with van der Waals surface area (Å²) in [5.41, 5.74) is -1.18. The van der Waals surface area contributed by atoms with Crippen LogP contribution in [0, 0.1) is 0 Å². The molecule has 1 aromatic heterocycles. The Morgan fingerprint density at radius 3 is 2.70 bits per heavy atom. The van der Waals surface area contributed by atoms with E-state index in [-0.39, 0.29) is 22.8 Å². The number of ether oxygens (including phenoxy) is 1. The van der Waals surface area contributed by atoms with Gasteiger partial charge in [-0.25, -0.2) is 0 Å². The van der Waals surface area contributed by atoms with Crippen LogP contribution in [0.2, 0.25) is 0 Å². The summed E-state index contributed by atoms with van der Waals surface area (Å²) in [4.78, 5) is 10.6. The zero-order valence-corrected chi connectivity index (χ0v) is 12.2. The van der Waals surface area contributed by atoms with E-state index in [0.717, 1.165) is 6.07 Å². The van der Waals surface area contributed by atoms with Gasteiger partial charge in [-0.1, -0.05) is 12.1 Å². The lowest BCUT2D eigenvalue weighted by atomic mass is 10.0. The fourth-order valence-electron chi connectivity index (χ4n) is 1.96. The minimum Gasteiger partial charge on any atom is -0.494 e. The lowest BCUT2D eigenvalue weighted by Crippen LogP contribution is -2.08. The number of benzene rings is 1. The molecule has 23 heavy (non-hydrogen) atoms. The highest BCUT2D eigenvalue weighted by molar-refractivity contribution is 5.71. The Labute approximate surface area is 129 Å². The molecule has 0 aliphatic carbocycles. The van der Waals surface area contributed by atoms with Crippen LogP contribution in [0.1, 0.15) is 24.7 Å². The van der Waals surface area contributed by atoms with E-state index in [4.69, 9.17) is 14.4 Å². The molecule has 0 atom stereocenters. The van der Waals surface area contributed by atoms with Gasteiger partial charge in [0.25, 0.3) is 0 Å². The molecular formula is C15H14F3NO4. The molecule has 1 N–H and O–H groups in total. The summed E-state index contributed by atoms with van der Waals surface area (Å²) >= 11 is 0. The number of carboxylic acids is 1. The highest BCUT2D eigenvalue weighted by Gasteiger charge is 2.35. The monoisotopic (exact) mass is 329 g/mol. The van der Waals surface area contributed by atoms with E-state index in [1.807, 2.05) is 6.92 Å². The molecule has 0 aliphatic rings. The molecule has 0 saturated carbocycles. The Bertz CT molecular complexity index is 694. The van der Waals surface area contributed by atoms with Crippen LogP contribution in [0.25, 0.3) is 11.3 Å². The van der Waals surface area contributed by atoms with Crippen molar-refractivity contribution in [3.8, 4) is 17.0 Å². The van der Waals surface area contributed by atoms with Crippen LogP contribution in [0.3, 0.4) is 0 Å². The number of rotatable bonds is 6. The highest BCUT2D eigenvalue weighted by atomic mass is 19.4. The first-order valence-electron chi connectivity index (χ1n) is 6.83. The second-order valence-corrected chi connectivity index (χ2v) is 4.80. The molecule has 2 rings (SSSR count). The SMILES string of the molecule is CCCOc1ccc(-c2cc(CC(=O)O)on2)c(C(F)(F)F)c1. The molecule has 0 bridgehead atoms. The van der Waals surface area contributed by atoms with Gasteiger partial charge in [-0.2, -0.15) is 13.2 Å². The van der Waals surface area contributed by atoms with Crippen LogP contribution in [-0.4, -0.2) is 22.8 Å². The number of carbonyl (C=O) groups is 1. The summed E-state index contributed by atoms with van der Waals surface area (Å²) in [6.07, 6.45) is -4.39. The third-order valence-electron chi connectivity index (χ3n) is 2.93. The summed E-state index contributed by atoms with van der Waals surface area (Å²) in [5, 5.41) is 12.2. The zero-order valence-electron chi connectivity index (χ0n) is 12.2. The van der Waals surface area contributed by atoms with Gasteiger partial charge in [0.2, 0.25) is 0 Å². The number of aromatic nitrogens is 1. The summed E-state index contributed by atoms with van der Waals surface area (Å²) in [5.74, 6) is -1.07. The number of halogens is 3. The van der Waals surface area contributed by atoms with Crippen molar-refractivity contribution in [2.45, 2.75) is 25.9 Å². The van der Waals surface area contributed by atoms with Gasteiger partial charge in [0.05, 0.1) is 12.2 Å². The molecule has 124 valence electrons. The van der Waals surface area contributed by atoms with E-state index >= 15 is 0 Å². The van der Waals surface area contributed by atoms with Gasteiger partial charge in [-0.05, 0) is 24.6 Å². The van der Waals surface area contributed by atoms with Crippen molar-refractivity contribution in [3.63, 3.8) is 0 Å². The molecular weight excluding hydrogens is 315 g/mol. The van der Waals surface area contributed by atoms with Gasteiger partial charge in [0, 0.05) is 11.6 Å². The molecule has 0 spiro atoms. The van der Waals surface area contributed by atoms with Crippen LogP contribution in [0.4, 0.5) is 13.2 Å². The van der Waals surface area contributed by atoms with Crippen molar-refractivity contribution in [1.29, 1.82) is 0 Å². The molecule has 0 amide bonds. The topological polar surface area (TPSA) is 72.6 Å². The molecule has 2 aromatic rings. The number of hydrogen-bond acceptors (Lipinski definition) is 4. The van der Waals surface area contributed by atoms with Gasteiger partial charge in [0.15, 0.2) is 0 Å². The molecule has 1 heterocycles. The second-order valence-electron chi connectivity index (χ2n) is 4.80. The van der Waals surface area contributed by atoms with E-state index < -0.39 is 24.1 Å². The summed E-state index contributed by atoms with van der Waals surface area (Å²) in [6.45, 7) is 2.15. The summed E-state index contributed by atoms with van der Waals surface area (Å²) in [6, 6.07) is 4.73. The minimum atomic E-state index is -4.60. The zero-order chi connectivity index (χ0) is 17.0. The third kappa shape index (κ3) is 4.24. The lowest BCUT2D eigenvalue weighted by molar-refractivity contribution is -0.137. The molecule has 0 saturated heterocycles. The van der Waals surface area contributed by atoms with E-state index in [1.54, 1.807) is 0 Å². The van der Waals surface area contributed by atoms with E-state index in [2.05, 4.69) is 5.16 Å². The number of carboxylic acid groups (broad SMARTS) is 1. The Hall–Kier alpha value is -2.51. The summed E-state index contributed by atoms with van der Waals surface area (Å²) < 4.78 is 49.7. The second kappa shape index (κ2) is 6.72. The molecule has 1 aromatic carbocycles. The Kier molecular flexibility index (Phi) is 4.92. The van der Waals surface area contributed by atoms with E-state index in [0.29, 0.717) is 13.0 Å². The number of aliphatic carboxylic acids is 1. The van der Waals surface area contributed by atoms with Crippen LogP contribution in [0.15, 0.2) is 28.8 Å². The van der Waals surface area contributed by atoms with Crippen molar-refractivity contribution in [2.24, 2.45) is 0 Å². The maximum atomic E-state index is 13.2. The number of nitrogens with zero attached hydrogens (tertiary/aromatic N) is 1. The van der Waals surface area contributed by atoms with Crippen molar-refractivity contribution in [2.75, 3.05) is 6.61 Å². The standard InChI is InChI=1S/C15H14F3NO4/c1-2-5-22-9-3-4-11(12(6-9)15(16,17)18)13-7-10(23-19-13)8-14(20)21/h3-4,6-7H,2,5,8H2,1H3,(H,20,21). The van der Waals surface area contributed by atoms with Crippen LogP contribution in [-0.2, 0) is 17.4 Å². The third-order valence-corrected chi connectivity index (χ3v) is 2.93. The molecule has 5 nitrogen and oxygen atoms in total. The lowest BCUT2D eigenvalue weighted by Gasteiger charge is -2.13. The highest BCUT2D eigenvalue weighted by Crippen LogP contribution is 2.39. The minimum absolute atomic E-state index is 0.0214. The molecule has 0 aliphatic heterocycles. The molecule has 8 heteroatoms. The predicted molar refractivity (Wildman–Crippen MR) is 74.1 cm³/mol. The van der Waals surface area contributed by atoms with Crippen molar-refractivity contribution in [3.05, 3.63) is 35.6 Å². The van der Waals surface area contributed by atoms with E-state index in [9.17, 15) is 18.0 Å². The quantitative estimate of drug-likeness (QED) is 0.873. The van der Waals surface area contributed by atoms with Gasteiger partial charge < -0.3 is 14.4 Å². The van der Waals surface area contributed by atoms with Crippen LogP contribution >= 0.6 is 0 Å². The van der Waals surface area contributed by atoms with Crippen LogP contribution < -0.4 is 4.74 Å². The summed E-state index contributed by atoms with van der Waals surface area (Å²) in [7, 11) is 0. The van der Waals surface area contributed by atoms with Gasteiger partial charge in [0.1, 0.15) is 23.6 Å². The Balaban J connectivity index is 2.40. The first kappa shape index (κ1) is 16.9. The van der Waals surface area contributed by atoms with Crippen molar-refractivity contribution < 1.29 is 32.3 Å². The average molecular weight is 329 g/mol. The van der Waals surface area contributed by atoms with Crippen molar-refractivity contribution in [1.82, 2.24) is 5.16 Å². The van der Waals surface area contributed by atoms with E-state index in [1.165, 1.54) is 18.2 Å². The normalized spacial score (nSPS) is 11.5. The fraction of sp³-hybridized carbons (Fsp3) is 0.333.